The normalized spacial score (nSPS) is 10.0. The Morgan fingerprint density at radius 3 is 2.35 bits per heavy atom. The van der Waals surface area contributed by atoms with E-state index in [9.17, 15) is 9.59 Å². The lowest BCUT2D eigenvalue weighted by atomic mass is 10.1. The fourth-order valence-electron chi connectivity index (χ4n) is 1.91. The Morgan fingerprint density at radius 1 is 1.09 bits per heavy atom. The first kappa shape index (κ1) is 16.5. The number of rotatable bonds is 6. The van der Waals surface area contributed by atoms with Crippen LogP contribution >= 0.6 is 0 Å². The molecule has 2 aromatic rings. The lowest BCUT2D eigenvalue weighted by Crippen LogP contribution is -2.24. The zero-order valence-electron chi connectivity index (χ0n) is 13.1. The highest BCUT2D eigenvalue weighted by Crippen LogP contribution is 2.16. The van der Waals surface area contributed by atoms with Crippen molar-refractivity contribution in [1.29, 1.82) is 0 Å². The van der Waals surface area contributed by atoms with Gasteiger partial charge in [0.25, 0.3) is 11.8 Å². The molecular weight excluding hydrogens is 294 g/mol. The SMILES string of the molecule is CCCNC(=O)c1cncc(C(=O)Nc2ccc(OC)cc2)c1. The minimum absolute atomic E-state index is 0.238. The third kappa shape index (κ3) is 4.54. The number of hydrogen-bond acceptors (Lipinski definition) is 4. The van der Waals surface area contributed by atoms with Crippen LogP contribution in [0.1, 0.15) is 34.1 Å². The van der Waals surface area contributed by atoms with E-state index >= 15 is 0 Å². The van der Waals surface area contributed by atoms with Gasteiger partial charge in [-0.25, -0.2) is 0 Å². The van der Waals surface area contributed by atoms with Crippen LogP contribution in [0.4, 0.5) is 5.69 Å². The number of benzene rings is 1. The van der Waals surface area contributed by atoms with Crippen molar-refractivity contribution in [3.05, 3.63) is 53.9 Å². The molecular formula is C17H19N3O3. The second-order valence-corrected chi connectivity index (χ2v) is 4.90. The monoisotopic (exact) mass is 313 g/mol. The molecule has 0 saturated heterocycles. The molecule has 1 aromatic heterocycles. The Bertz CT molecular complexity index is 684. The van der Waals surface area contributed by atoms with E-state index in [1.807, 2.05) is 6.92 Å². The molecule has 0 fully saturated rings. The van der Waals surface area contributed by atoms with Gasteiger partial charge in [-0.15, -0.1) is 0 Å². The van der Waals surface area contributed by atoms with Crippen LogP contribution in [0.2, 0.25) is 0 Å². The highest BCUT2D eigenvalue weighted by Gasteiger charge is 2.11. The Morgan fingerprint density at radius 2 is 1.74 bits per heavy atom. The molecule has 0 aliphatic carbocycles. The van der Waals surface area contributed by atoms with E-state index in [0.29, 0.717) is 29.1 Å². The minimum atomic E-state index is -0.326. The van der Waals surface area contributed by atoms with E-state index in [0.717, 1.165) is 6.42 Å². The molecule has 0 radical (unpaired) electrons. The molecule has 6 heteroatoms. The molecule has 6 nitrogen and oxygen atoms in total. The quantitative estimate of drug-likeness (QED) is 0.858. The molecule has 0 saturated carbocycles. The molecule has 1 aromatic carbocycles. The molecule has 1 heterocycles. The van der Waals surface area contributed by atoms with Crippen molar-refractivity contribution in [2.24, 2.45) is 0 Å². The van der Waals surface area contributed by atoms with Crippen molar-refractivity contribution < 1.29 is 14.3 Å². The zero-order chi connectivity index (χ0) is 16.7. The summed E-state index contributed by atoms with van der Waals surface area (Å²) in [5, 5.41) is 5.51. The van der Waals surface area contributed by atoms with Crippen LogP contribution in [-0.4, -0.2) is 30.5 Å². The number of aromatic nitrogens is 1. The van der Waals surface area contributed by atoms with E-state index in [2.05, 4.69) is 15.6 Å². The van der Waals surface area contributed by atoms with Crippen LogP contribution in [0.5, 0.6) is 5.75 Å². The molecule has 2 amide bonds. The number of nitrogens with one attached hydrogen (secondary N) is 2. The first-order valence-electron chi connectivity index (χ1n) is 7.32. The molecule has 0 unspecified atom stereocenters. The van der Waals surface area contributed by atoms with Crippen molar-refractivity contribution in [3.63, 3.8) is 0 Å². The molecule has 0 spiro atoms. The van der Waals surface area contributed by atoms with Gasteiger partial charge in [0.05, 0.1) is 18.2 Å². The van der Waals surface area contributed by atoms with E-state index in [1.165, 1.54) is 18.5 Å². The van der Waals surface area contributed by atoms with Gasteiger partial charge in [0.15, 0.2) is 0 Å². The van der Waals surface area contributed by atoms with Crippen molar-refractivity contribution in [3.8, 4) is 5.75 Å². The van der Waals surface area contributed by atoms with Crippen LogP contribution in [-0.2, 0) is 0 Å². The summed E-state index contributed by atoms with van der Waals surface area (Å²) in [7, 11) is 1.58. The van der Waals surface area contributed by atoms with Gasteiger partial charge in [0.1, 0.15) is 5.75 Å². The molecule has 120 valence electrons. The van der Waals surface area contributed by atoms with Gasteiger partial charge in [-0.1, -0.05) is 6.92 Å². The second kappa shape index (κ2) is 7.93. The summed E-state index contributed by atoms with van der Waals surface area (Å²) in [5.41, 5.74) is 1.32. The number of pyridine rings is 1. The van der Waals surface area contributed by atoms with Gasteiger partial charge in [0, 0.05) is 24.6 Å². The van der Waals surface area contributed by atoms with E-state index in [1.54, 1.807) is 31.4 Å². The summed E-state index contributed by atoms with van der Waals surface area (Å²) in [6, 6.07) is 8.51. The van der Waals surface area contributed by atoms with E-state index < -0.39 is 0 Å². The summed E-state index contributed by atoms with van der Waals surface area (Å²) in [6.45, 7) is 2.55. The Labute approximate surface area is 134 Å². The number of nitrogens with zero attached hydrogens (tertiary/aromatic N) is 1. The number of carbonyl (C=O) groups is 2. The van der Waals surface area contributed by atoms with Gasteiger partial charge >= 0.3 is 0 Å². The van der Waals surface area contributed by atoms with E-state index in [-0.39, 0.29) is 11.8 Å². The van der Waals surface area contributed by atoms with Crippen LogP contribution < -0.4 is 15.4 Å². The average molecular weight is 313 g/mol. The molecule has 2 rings (SSSR count). The minimum Gasteiger partial charge on any atom is -0.497 e. The number of hydrogen-bond donors (Lipinski definition) is 2. The molecule has 23 heavy (non-hydrogen) atoms. The van der Waals surface area contributed by atoms with Crippen molar-refractivity contribution in [2.45, 2.75) is 13.3 Å². The van der Waals surface area contributed by atoms with Gasteiger partial charge in [0.2, 0.25) is 0 Å². The standard InChI is InChI=1S/C17H19N3O3/c1-3-8-19-16(21)12-9-13(11-18-10-12)17(22)20-14-4-6-15(23-2)7-5-14/h4-7,9-11H,3,8H2,1-2H3,(H,19,21)(H,20,22). The summed E-state index contributed by atoms with van der Waals surface area (Å²) < 4.78 is 5.07. The third-order valence-corrected chi connectivity index (χ3v) is 3.15. The Hall–Kier alpha value is -2.89. The van der Waals surface area contributed by atoms with E-state index in [4.69, 9.17) is 4.74 Å². The van der Waals surface area contributed by atoms with Gasteiger partial charge in [-0.3, -0.25) is 14.6 Å². The van der Waals surface area contributed by atoms with Gasteiger partial charge in [-0.2, -0.15) is 0 Å². The largest absolute Gasteiger partial charge is 0.497 e. The number of amides is 2. The van der Waals surface area contributed by atoms with Gasteiger partial charge in [-0.05, 0) is 36.8 Å². The fraction of sp³-hybridized carbons (Fsp3) is 0.235. The third-order valence-electron chi connectivity index (χ3n) is 3.15. The Kier molecular flexibility index (Phi) is 5.68. The molecule has 0 bridgehead atoms. The lowest BCUT2D eigenvalue weighted by Gasteiger charge is -2.08. The lowest BCUT2D eigenvalue weighted by molar-refractivity contribution is 0.0953. The second-order valence-electron chi connectivity index (χ2n) is 4.90. The topological polar surface area (TPSA) is 80.3 Å². The van der Waals surface area contributed by atoms with Crippen LogP contribution in [0, 0.1) is 0 Å². The fourth-order valence-corrected chi connectivity index (χ4v) is 1.91. The average Bonchev–Trinajstić information content (AvgIpc) is 2.60. The summed E-state index contributed by atoms with van der Waals surface area (Å²) in [6.07, 6.45) is 3.71. The molecule has 2 N–H and O–H groups in total. The highest BCUT2D eigenvalue weighted by molar-refractivity contribution is 6.05. The van der Waals surface area contributed by atoms with Crippen molar-refractivity contribution >= 4 is 17.5 Å². The maximum Gasteiger partial charge on any atom is 0.257 e. The smallest absolute Gasteiger partial charge is 0.257 e. The summed E-state index contributed by atoms with van der Waals surface area (Å²) in [5.74, 6) is 0.144. The van der Waals surface area contributed by atoms with Crippen molar-refractivity contribution in [2.75, 3.05) is 19.0 Å². The summed E-state index contributed by atoms with van der Waals surface area (Å²) >= 11 is 0. The predicted molar refractivity (Wildman–Crippen MR) is 87.8 cm³/mol. The zero-order valence-corrected chi connectivity index (χ0v) is 13.1. The van der Waals surface area contributed by atoms with Crippen molar-refractivity contribution in [1.82, 2.24) is 10.3 Å². The van der Waals surface area contributed by atoms with Crippen LogP contribution in [0.25, 0.3) is 0 Å². The number of carbonyl (C=O) groups excluding carboxylic acids is 2. The predicted octanol–water partition coefficient (Wildman–Crippen LogP) is 2.48. The molecule has 0 aliphatic rings. The summed E-state index contributed by atoms with van der Waals surface area (Å²) in [4.78, 5) is 28.1. The van der Waals surface area contributed by atoms with Crippen LogP contribution in [0.3, 0.4) is 0 Å². The number of ether oxygens (including phenoxy) is 1. The number of methoxy groups -OCH3 is 1. The maximum absolute atomic E-state index is 12.2. The van der Waals surface area contributed by atoms with Crippen LogP contribution in [0.15, 0.2) is 42.7 Å². The highest BCUT2D eigenvalue weighted by atomic mass is 16.5. The van der Waals surface area contributed by atoms with Gasteiger partial charge < -0.3 is 15.4 Å². The first-order chi connectivity index (χ1) is 11.1. The number of anilines is 1. The molecule has 0 atom stereocenters. The Balaban J connectivity index is 2.08. The first-order valence-corrected chi connectivity index (χ1v) is 7.32. The maximum atomic E-state index is 12.2. The molecule has 0 aliphatic heterocycles.